The van der Waals surface area contributed by atoms with Crippen LogP contribution in [0.3, 0.4) is 0 Å². The molecular formula is C10H17N7. The van der Waals surface area contributed by atoms with E-state index in [1.165, 1.54) is 10.4 Å². The van der Waals surface area contributed by atoms with E-state index < -0.39 is 0 Å². The predicted molar refractivity (Wildman–Crippen MR) is 62.2 cm³/mol. The number of hydrogen-bond acceptors (Lipinski definition) is 5. The molecule has 0 aliphatic rings. The molecule has 1 unspecified atom stereocenters. The summed E-state index contributed by atoms with van der Waals surface area (Å²) in [4.78, 5) is 1.47. The van der Waals surface area contributed by atoms with Crippen LogP contribution >= 0.6 is 0 Å². The van der Waals surface area contributed by atoms with Gasteiger partial charge in [0.1, 0.15) is 0 Å². The van der Waals surface area contributed by atoms with Crippen LogP contribution in [0, 0.1) is 6.92 Å². The summed E-state index contributed by atoms with van der Waals surface area (Å²) in [5.41, 5.74) is 2.19. The Labute approximate surface area is 99.8 Å². The van der Waals surface area contributed by atoms with E-state index in [1.54, 1.807) is 7.05 Å². The van der Waals surface area contributed by atoms with Crippen molar-refractivity contribution in [3.8, 4) is 0 Å². The first-order valence-corrected chi connectivity index (χ1v) is 5.50. The topological polar surface area (TPSA) is 73.5 Å². The van der Waals surface area contributed by atoms with Gasteiger partial charge in [-0.3, -0.25) is 4.68 Å². The first-order chi connectivity index (χ1) is 8.10. The normalized spacial score (nSPS) is 12.9. The van der Waals surface area contributed by atoms with Crippen LogP contribution in [-0.4, -0.2) is 37.0 Å². The molecule has 2 heterocycles. The highest BCUT2D eigenvalue weighted by molar-refractivity contribution is 5.21. The maximum absolute atomic E-state index is 4.34. The molecule has 7 heteroatoms. The first-order valence-electron chi connectivity index (χ1n) is 5.50. The van der Waals surface area contributed by atoms with Crippen molar-refractivity contribution in [1.29, 1.82) is 0 Å². The molecule has 2 aromatic heterocycles. The van der Waals surface area contributed by atoms with Crippen LogP contribution in [0.5, 0.6) is 0 Å². The molecule has 2 rings (SSSR count). The fourth-order valence-corrected chi connectivity index (χ4v) is 1.92. The van der Waals surface area contributed by atoms with Gasteiger partial charge in [0.15, 0.2) is 5.82 Å². The maximum atomic E-state index is 4.34. The molecule has 0 aliphatic carbocycles. The second-order valence-corrected chi connectivity index (χ2v) is 4.08. The van der Waals surface area contributed by atoms with Crippen LogP contribution in [-0.2, 0) is 20.5 Å². The molecule has 0 aliphatic heterocycles. The van der Waals surface area contributed by atoms with Gasteiger partial charge in [-0.15, -0.1) is 10.2 Å². The fourth-order valence-electron chi connectivity index (χ4n) is 1.92. The van der Waals surface area contributed by atoms with Crippen molar-refractivity contribution in [3.05, 3.63) is 23.3 Å². The zero-order valence-electron chi connectivity index (χ0n) is 10.5. The summed E-state index contributed by atoms with van der Waals surface area (Å²) in [6.07, 6.45) is 2.73. The van der Waals surface area contributed by atoms with E-state index >= 15 is 0 Å². The summed E-state index contributed by atoms with van der Waals surface area (Å²) < 4.78 is 1.82. The van der Waals surface area contributed by atoms with Gasteiger partial charge in [-0.25, -0.2) is 0 Å². The highest BCUT2D eigenvalue weighted by atomic mass is 15.6. The molecule has 7 nitrogen and oxygen atoms in total. The third-order valence-electron chi connectivity index (χ3n) is 2.71. The number of nitrogens with one attached hydrogen (secondary N) is 1. The zero-order chi connectivity index (χ0) is 12.4. The van der Waals surface area contributed by atoms with Crippen molar-refractivity contribution in [2.24, 2.45) is 14.1 Å². The summed E-state index contributed by atoms with van der Waals surface area (Å²) >= 11 is 0. The molecule has 0 amide bonds. The second-order valence-electron chi connectivity index (χ2n) is 4.08. The molecule has 1 atom stereocenters. The van der Waals surface area contributed by atoms with Crippen LogP contribution < -0.4 is 5.32 Å². The van der Waals surface area contributed by atoms with Gasteiger partial charge in [-0.05, 0) is 19.2 Å². The van der Waals surface area contributed by atoms with Gasteiger partial charge in [-0.2, -0.15) is 9.90 Å². The Morgan fingerprint density at radius 3 is 2.59 bits per heavy atom. The minimum atomic E-state index is 0.160. The molecule has 0 fully saturated rings. The molecule has 0 bridgehead atoms. The van der Waals surface area contributed by atoms with Crippen LogP contribution in [0.4, 0.5) is 0 Å². The van der Waals surface area contributed by atoms with Gasteiger partial charge in [-0.1, -0.05) is 0 Å². The van der Waals surface area contributed by atoms with E-state index in [2.05, 4.69) is 25.8 Å². The number of nitrogens with zero attached hydrogens (tertiary/aromatic N) is 6. The van der Waals surface area contributed by atoms with E-state index in [-0.39, 0.29) is 6.04 Å². The van der Waals surface area contributed by atoms with Crippen LogP contribution in [0.2, 0.25) is 0 Å². The molecule has 0 saturated carbocycles. The van der Waals surface area contributed by atoms with Gasteiger partial charge >= 0.3 is 0 Å². The van der Waals surface area contributed by atoms with E-state index in [0.717, 1.165) is 11.5 Å². The lowest BCUT2D eigenvalue weighted by Gasteiger charge is -2.12. The van der Waals surface area contributed by atoms with Gasteiger partial charge in [0.2, 0.25) is 0 Å². The Hall–Kier alpha value is -1.76. The van der Waals surface area contributed by atoms with Crippen molar-refractivity contribution >= 4 is 0 Å². The van der Waals surface area contributed by atoms with Crippen molar-refractivity contribution in [2.75, 3.05) is 7.05 Å². The van der Waals surface area contributed by atoms with E-state index in [1.807, 2.05) is 31.9 Å². The molecule has 17 heavy (non-hydrogen) atoms. The Morgan fingerprint density at radius 1 is 1.35 bits per heavy atom. The highest BCUT2D eigenvalue weighted by Gasteiger charge is 2.17. The average Bonchev–Trinajstić information content (AvgIpc) is 2.82. The van der Waals surface area contributed by atoms with Crippen molar-refractivity contribution in [2.45, 2.75) is 19.4 Å². The Morgan fingerprint density at radius 2 is 2.12 bits per heavy atom. The van der Waals surface area contributed by atoms with Gasteiger partial charge in [0.25, 0.3) is 0 Å². The first kappa shape index (κ1) is 11.7. The molecular weight excluding hydrogens is 218 g/mol. The SMILES string of the molecule is CNC(Cc1nnn(C)n1)c1cn(C)nc1C. The quantitative estimate of drug-likeness (QED) is 0.791. The second kappa shape index (κ2) is 4.62. The lowest BCUT2D eigenvalue weighted by molar-refractivity contribution is 0.567. The smallest absolute Gasteiger partial charge is 0.176 e. The number of hydrogen-bond donors (Lipinski definition) is 1. The number of rotatable bonds is 4. The minimum absolute atomic E-state index is 0.160. The van der Waals surface area contributed by atoms with Gasteiger partial charge < -0.3 is 5.32 Å². The fraction of sp³-hybridized carbons (Fsp3) is 0.600. The van der Waals surface area contributed by atoms with Gasteiger partial charge in [0.05, 0.1) is 12.7 Å². The van der Waals surface area contributed by atoms with E-state index in [4.69, 9.17) is 0 Å². The molecule has 0 radical (unpaired) electrons. The monoisotopic (exact) mass is 235 g/mol. The van der Waals surface area contributed by atoms with Crippen molar-refractivity contribution < 1.29 is 0 Å². The summed E-state index contributed by atoms with van der Waals surface area (Å²) in [6.45, 7) is 2.00. The zero-order valence-corrected chi connectivity index (χ0v) is 10.5. The molecule has 0 spiro atoms. The Balaban J connectivity index is 2.19. The number of aryl methyl sites for hydroxylation is 3. The Kier molecular flexibility index (Phi) is 3.19. The van der Waals surface area contributed by atoms with Gasteiger partial charge in [0, 0.05) is 31.3 Å². The summed E-state index contributed by atoms with van der Waals surface area (Å²) in [5.74, 6) is 0.732. The lowest BCUT2D eigenvalue weighted by Crippen LogP contribution is -2.20. The third kappa shape index (κ3) is 2.50. The third-order valence-corrected chi connectivity index (χ3v) is 2.71. The number of aromatic nitrogens is 6. The Bertz CT molecular complexity index is 498. The summed E-state index contributed by atoms with van der Waals surface area (Å²) in [5, 5.41) is 19.6. The standard InChI is InChI=1S/C10H17N7/c1-7-8(6-16(3)13-7)9(11-2)5-10-12-15-17(4)14-10/h6,9,11H,5H2,1-4H3. The maximum Gasteiger partial charge on any atom is 0.176 e. The number of tetrazole rings is 1. The lowest BCUT2D eigenvalue weighted by atomic mass is 10.1. The van der Waals surface area contributed by atoms with Crippen LogP contribution in [0.15, 0.2) is 6.20 Å². The number of likely N-dealkylation sites (N-methyl/N-ethyl adjacent to an activating group) is 1. The van der Waals surface area contributed by atoms with Crippen LogP contribution in [0.25, 0.3) is 0 Å². The van der Waals surface area contributed by atoms with Crippen molar-refractivity contribution in [3.63, 3.8) is 0 Å². The summed E-state index contributed by atoms with van der Waals surface area (Å²) in [6, 6.07) is 0.160. The summed E-state index contributed by atoms with van der Waals surface area (Å²) in [7, 11) is 5.61. The molecule has 1 N–H and O–H groups in total. The minimum Gasteiger partial charge on any atom is -0.313 e. The van der Waals surface area contributed by atoms with E-state index in [9.17, 15) is 0 Å². The molecule has 2 aromatic rings. The van der Waals surface area contributed by atoms with Crippen LogP contribution in [0.1, 0.15) is 23.1 Å². The largest absolute Gasteiger partial charge is 0.313 e. The highest BCUT2D eigenvalue weighted by Crippen LogP contribution is 2.18. The predicted octanol–water partition coefficient (Wildman–Crippen LogP) is -0.245. The molecule has 0 aromatic carbocycles. The van der Waals surface area contributed by atoms with Crippen molar-refractivity contribution in [1.82, 2.24) is 35.3 Å². The molecule has 0 saturated heterocycles. The average molecular weight is 235 g/mol. The van der Waals surface area contributed by atoms with E-state index in [0.29, 0.717) is 6.42 Å². The molecule has 92 valence electrons.